The van der Waals surface area contributed by atoms with Crippen molar-refractivity contribution in [2.45, 2.75) is 12.4 Å². The molecule has 1 atom stereocenters. The first-order valence-corrected chi connectivity index (χ1v) is 8.71. The van der Waals surface area contributed by atoms with E-state index in [0.29, 0.717) is 0 Å². The first kappa shape index (κ1) is 25.1. The second-order valence-corrected chi connectivity index (χ2v) is 6.56. The van der Waals surface area contributed by atoms with E-state index in [0.717, 1.165) is 37.3 Å². The van der Waals surface area contributed by atoms with Gasteiger partial charge >= 0.3 is 6.36 Å². The van der Waals surface area contributed by atoms with Crippen LogP contribution >= 0.6 is 48.0 Å². The van der Waals surface area contributed by atoms with Crippen LogP contribution in [0.4, 0.5) is 13.2 Å². The number of piperazine rings is 1. The van der Waals surface area contributed by atoms with Gasteiger partial charge in [-0.1, -0.05) is 41.4 Å². The lowest BCUT2D eigenvalue weighted by Crippen LogP contribution is -2.45. The SMILES string of the molecule is Cl.Cl.FC(F)(F)Oc1ccc([C@@H](c2ccc(Cl)nc2Cl)N2CCNCC2)cc1. The molecule has 1 N–H and O–H groups in total. The van der Waals surface area contributed by atoms with Crippen molar-refractivity contribution in [2.75, 3.05) is 26.2 Å². The van der Waals surface area contributed by atoms with Gasteiger partial charge in [0, 0.05) is 31.7 Å². The number of ether oxygens (including phenoxy) is 1. The molecular formula is C17H18Cl4F3N3O. The van der Waals surface area contributed by atoms with Crippen LogP contribution in [0.1, 0.15) is 17.2 Å². The van der Waals surface area contributed by atoms with Crippen LogP contribution < -0.4 is 10.1 Å². The number of pyridine rings is 1. The molecule has 1 aliphatic heterocycles. The molecule has 1 aliphatic rings. The zero-order chi connectivity index (χ0) is 18.7. The van der Waals surface area contributed by atoms with E-state index in [1.807, 2.05) is 0 Å². The molecule has 11 heteroatoms. The molecule has 0 bridgehead atoms. The molecule has 0 radical (unpaired) electrons. The Kier molecular flexibility index (Phi) is 9.59. The van der Waals surface area contributed by atoms with Crippen LogP contribution in [0, 0.1) is 0 Å². The highest BCUT2D eigenvalue weighted by atomic mass is 35.5. The zero-order valence-corrected chi connectivity index (χ0v) is 17.5. The Morgan fingerprint density at radius 2 is 1.61 bits per heavy atom. The molecular weight excluding hydrogens is 461 g/mol. The van der Waals surface area contributed by atoms with Crippen molar-refractivity contribution in [1.29, 1.82) is 0 Å². The molecule has 0 spiro atoms. The number of hydrogen-bond donors (Lipinski definition) is 1. The number of hydrogen-bond acceptors (Lipinski definition) is 4. The molecule has 0 aliphatic carbocycles. The molecule has 0 saturated carbocycles. The fourth-order valence-electron chi connectivity index (χ4n) is 3.01. The number of aromatic nitrogens is 1. The second kappa shape index (κ2) is 10.7. The van der Waals surface area contributed by atoms with Crippen LogP contribution in [0.2, 0.25) is 10.3 Å². The van der Waals surface area contributed by atoms with Gasteiger partial charge in [0.25, 0.3) is 0 Å². The van der Waals surface area contributed by atoms with E-state index >= 15 is 0 Å². The van der Waals surface area contributed by atoms with E-state index in [-0.39, 0.29) is 46.9 Å². The summed E-state index contributed by atoms with van der Waals surface area (Å²) in [6.45, 7) is 3.16. The van der Waals surface area contributed by atoms with Gasteiger partial charge < -0.3 is 10.1 Å². The van der Waals surface area contributed by atoms with Gasteiger partial charge in [-0.3, -0.25) is 4.90 Å². The summed E-state index contributed by atoms with van der Waals surface area (Å²) < 4.78 is 41.1. The van der Waals surface area contributed by atoms with Gasteiger partial charge in [-0.15, -0.1) is 38.0 Å². The van der Waals surface area contributed by atoms with Crippen LogP contribution in [0.3, 0.4) is 0 Å². The zero-order valence-electron chi connectivity index (χ0n) is 14.4. The van der Waals surface area contributed by atoms with Crippen LogP contribution in [-0.2, 0) is 0 Å². The Bertz CT molecular complexity index is 756. The normalized spacial score (nSPS) is 15.9. The van der Waals surface area contributed by atoms with Gasteiger partial charge in [0.05, 0.1) is 6.04 Å². The van der Waals surface area contributed by atoms with Crippen molar-refractivity contribution < 1.29 is 17.9 Å². The van der Waals surface area contributed by atoms with Gasteiger partial charge in [-0.25, -0.2) is 4.98 Å². The first-order chi connectivity index (χ1) is 12.3. The molecule has 156 valence electrons. The first-order valence-electron chi connectivity index (χ1n) is 7.96. The van der Waals surface area contributed by atoms with Gasteiger partial charge in [-0.05, 0) is 23.8 Å². The maximum absolute atomic E-state index is 12.4. The average molecular weight is 479 g/mol. The molecule has 1 aromatic carbocycles. The van der Waals surface area contributed by atoms with Crippen molar-refractivity contribution in [1.82, 2.24) is 15.2 Å². The number of rotatable bonds is 4. The van der Waals surface area contributed by atoms with E-state index < -0.39 is 6.36 Å². The highest BCUT2D eigenvalue weighted by molar-refractivity contribution is 6.32. The fraction of sp³-hybridized carbons (Fsp3) is 0.353. The summed E-state index contributed by atoms with van der Waals surface area (Å²) >= 11 is 12.2. The van der Waals surface area contributed by atoms with Crippen LogP contribution in [0.5, 0.6) is 5.75 Å². The van der Waals surface area contributed by atoms with Crippen LogP contribution in [0.15, 0.2) is 36.4 Å². The van der Waals surface area contributed by atoms with Crippen molar-refractivity contribution in [3.8, 4) is 5.75 Å². The van der Waals surface area contributed by atoms with Gasteiger partial charge in [0.2, 0.25) is 0 Å². The highest BCUT2D eigenvalue weighted by Crippen LogP contribution is 2.34. The molecule has 2 aromatic rings. The minimum absolute atomic E-state index is 0. The van der Waals surface area contributed by atoms with E-state index in [1.54, 1.807) is 24.3 Å². The van der Waals surface area contributed by atoms with Crippen LogP contribution in [0.25, 0.3) is 0 Å². The van der Waals surface area contributed by atoms with E-state index in [4.69, 9.17) is 23.2 Å². The molecule has 0 amide bonds. The summed E-state index contributed by atoms with van der Waals surface area (Å²) in [4.78, 5) is 6.30. The van der Waals surface area contributed by atoms with Gasteiger partial charge in [-0.2, -0.15) is 0 Å². The molecule has 28 heavy (non-hydrogen) atoms. The van der Waals surface area contributed by atoms with E-state index in [1.165, 1.54) is 12.1 Å². The number of alkyl halides is 3. The standard InChI is InChI=1S/C17H16Cl2F3N3O.2ClH/c18-14-6-5-13(16(19)24-14)15(25-9-7-23-8-10-25)11-1-3-12(4-2-11)26-17(20,21)22;;/h1-6,15,23H,7-10H2;2*1H/t15-;;/m0../s1. The number of benzene rings is 1. The Hall–Kier alpha value is -0.960. The molecule has 3 rings (SSSR count). The summed E-state index contributed by atoms with van der Waals surface area (Å²) in [6.07, 6.45) is -4.72. The Labute approximate surface area is 183 Å². The highest BCUT2D eigenvalue weighted by Gasteiger charge is 2.31. The summed E-state index contributed by atoms with van der Waals surface area (Å²) in [5, 5.41) is 3.83. The third kappa shape index (κ3) is 6.54. The molecule has 0 unspecified atom stereocenters. The number of nitrogens with zero attached hydrogens (tertiary/aromatic N) is 2. The summed E-state index contributed by atoms with van der Waals surface area (Å²) in [7, 11) is 0. The lowest BCUT2D eigenvalue weighted by atomic mass is 9.97. The minimum Gasteiger partial charge on any atom is -0.406 e. The quantitative estimate of drug-likeness (QED) is 0.618. The maximum Gasteiger partial charge on any atom is 0.573 e. The lowest BCUT2D eigenvalue weighted by Gasteiger charge is -2.35. The van der Waals surface area contributed by atoms with Crippen LogP contribution in [-0.4, -0.2) is 42.4 Å². The minimum atomic E-state index is -4.72. The Balaban J connectivity index is 0.00000196. The van der Waals surface area contributed by atoms with E-state index in [2.05, 4.69) is 19.9 Å². The number of nitrogens with one attached hydrogen (secondary N) is 1. The predicted molar refractivity (Wildman–Crippen MR) is 108 cm³/mol. The lowest BCUT2D eigenvalue weighted by molar-refractivity contribution is -0.274. The van der Waals surface area contributed by atoms with Gasteiger partial charge in [0.1, 0.15) is 16.1 Å². The third-order valence-corrected chi connectivity index (χ3v) is 4.60. The van der Waals surface area contributed by atoms with Crippen molar-refractivity contribution in [2.24, 2.45) is 0 Å². The summed E-state index contributed by atoms with van der Waals surface area (Å²) in [6, 6.07) is 9.03. The average Bonchev–Trinajstić information content (AvgIpc) is 2.58. The Morgan fingerprint density at radius 1 is 1.00 bits per heavy atom. The largest absolute Gasteiger partial charge is 0.573 e. The number of halogens is 7. The monoisotopic (exact) mass is 477 g/mol. The molecule has 4 nitrogen and oxygen atoms in total. The molecule has 1 saturated heterocycles. The molecule has 1 fully saturated rings. The van der Waals surface area contributed by atoms with Crippen molar-refractivity contribution in [3.63, 3.8) is 0 Å². The predicted octanol–water partition coefficient (Wildman–Crippen LogP) is 5.13. The van der Waals surface area contributed by atoms with Crippen molar-refractivity contribution in [3.05, 3.63) is 57.8 Å². The van der Waals surface area contributed by atoms with E-state index in [9.17, 15) is 13.2 Å². The molecule has 2 heterocycles. The summed E-state index contributed by atoms with van der Waals surface area (Å²) in [5.74, 6) is -0.263. The second-order valence-electron chi connectivity index (χ2n) is 5.82. The third-order valence-electron chi connectivity index (χ3n) is 4.08. The topological polar surface area (TPSA) is 37.4 Å². The Morgan fingerprint density at radius 3 is 2.14 bits per heavy atom. The fourth-order valence-corrected chi connectivity index (χ4v) is 3.45. The van der Waals surface area contributed by atoms with Gasteiger partial charge in [0.15, 0.2) is 0 Å². The maximum atomic E-state index is 12.4. The smallest absolute Gasteiger partial charge is 0.406 e. The summed E-state index contributed by atoms with van der Waals surface area (Å²) in [5.41, 5.74) is 1.55. The molecule has 1 aromatic heterocycles. The van der Waals surface area contributed by atoms with Crippen molar-refractivity contribution >= 4 is 48.0 Å².